The maximum Gasteiger partial charge on any atom is 0.262 e. The largest absolute Gasteiger partial charge is 0.468 e. The van der Waals surface area contributed by atoms with Gasteiger partial charge in [-0.1, -0.05) is 38.1 Å². The Labute approximate surface area is 125 Å². The van der Waals surface area contributed by atoms with E-state index in [1.807, 2.05) is 24.3 Å². The molecule has 0 radical (unpaired) electrons. The van der Waals surface area contributed by atoms with E-state index in [-0.39, 0.29) is 12.5 Å². The summed E-state index contributed by atoms with van der Waals surface area (Å²) in [6, 6.07) is 11.4. The van der Waals surface area contributed by atoms with E-state index in [4.69, 9.17) is 4.74 Å². The summed E-state index contributed by atoms with van der Waals surface area (Å²) in [5, 5.41) is 2.96. The van der Waals surface area contributed by atoms with Crippen LogP contribution >= 0.6 is 0 Å². The van der Waals surface area contributed by atoms with Gasteiger partial charge < -0.3 is 10.1 Å². The summed E-state index contributed by atoms with van der Waals surface area (Å²) in [6.45, 7) is 4.11. The predicted octanol–water partition coefficient (Wildman–Crippen LogP) is 3.22. The van der Waals surface area contributed by atoms with Gasteiger partial charge in [-0.05, 0) is 30.0 Å². The summed E-state index contributed by atoms with van der Waals surface area (Å²) in [6.07, 6.45) is 3.39. The maximum atomic E-state index is 12.1. The normalized spacial score (nSPS) is 10.2. The van der Waals surface area contributed by atoms with Crippen LogP contribution < -0.4 is 10.1 Å². The number of carbonyl (C=O) groups is 1. The highest BCUT2D eigenvalue weighted by Crippen LogP contribution is 2.22. The third-order valence-corrected chi connectivity index (χ3v) is 3.25. The first-order valence-corrected chi connectivity index (χ1v) is 7.19. The van der Waals surface area contributed by atoms with Crippen molar-refractivity contribution in [2.24, 2.45) is 0 Å². The van der Waals surface area contributed by atoms with Gasteiger partial charge in [-0.3, -0.25) is 4.79 Å². The minimum atomic E-state index is -0.170. The fraction of sp³-hybridized carbons (Fsp3) is 0.294. The van der Waals surface area contributed by atoms with Crippen LogP contribution in [0.3, 0.4) is 0 Å². The maximum absolute atomic E-state index is 12.1. The number of nitrogens with one attached hydrogen (secondary N) is 1. The zero-order chi connectivity index (χ0) is 15.1. The van der Waals surface area contributed by atoms with Crippen LogP contribution in [-0.4, -0.2) is 17.5 Å². The summed E-state index contributed by atoms with van der Waals surface area (Å²) < 4.78 is 5.36. The minimum Gasteiger partial charge on any atom is -0.468 e. The second-order valence-electron chi connectivity index (χ2n) is 4.66. The van der Waals surface area contributed by atoms with Crippen molar-refractivity contribution in [3.63, 3.8) is 0 Å². The monoisotopic (exact) mass is 284 g/mol. The van der Waals surface area contributed by atoms with Crippen LogP contribution in [0.1, 0.15) is 25.0 Å². The van der Waals surface area contributed by atoms with Gasteiger partial charge in [0, 0.05) is 18.0 Å². The number of hydrogen-bond acceptors (Lipinski definition) is 3. The van der Waals surface area contributed by atoms with Crippen LogP contribution in [0.5, 0.6) is 5.88 Å². The Morgan fingerprint density at radius 2 is 1.81 bits per heavy atom. The summed E-state index contributed by atoms with van der Waals surface area (Å²) >= 11 is 0. The number of anilines is 1. The molecule has 0 bridgehead atoms. The summed E-state index contributed by atoms with van der Waals surface area (Å²) in [4.78, 5) is 16.1. The van der Waals surface area contributed by atoms with Crippen molar-refractivity contribution in [1.29, 1.82) is 0 Å². The minimum absolute atomic E-state index is 0.0434. The molecule has 1 aromatic carbocycles. The molecule has 0 aliphatic heterocycles. The Morgan fingerprint density at radius 1 is 1.10 bits per heavy atom. The van der Waals surface area contributed by atoms with Crippen LogP contribution in [0.25, 0.3) is 0 Å². The predicted molar refractivity (Wildman–Crippen MR) is 83.6 cm³/mol. The molecule has 1 heterocycles. The Balaban J connectivity index is 2.02. The highest BCUT2D eigenvalue weighted by molar-refractivity contribution is 5.93. The summed E-state index contributed by atoms with van der Waals surface area (Å²) in [5.41, 5.74) is 3.19. The molecule has 1 amide bonds. The van der Waals surface area contributed by atoms with Crippen LogP contribution in [0.4, 0.5) is 5.69 Å². The van der Waals surface area contributed by atoms with E-state index < -0.39 is 0 Å². The molecule has 0 spiro atoms. The molecule has 1 aromatic heterocycles. The zero-order valence-electron chi connectivity index (χ0n) is 12.4. The van der Waals surface area contributed by atoms with Crippen molar-refractivity contribution >= 4 is 11.6 Å². The van der Waals surface area contributed by atoms with E-state index in [0.717, 1.165) is 29.7 Å². The Hall–Kier alpha value is -2.36. The van der Waals surface area contributed by atoms with Crippen molar-refractivity contribution < 1.29 is 9.53 Å². The van der Waals surface area contributed by atoms with E-state index >= 15 is 0 Å². The highest BCUT2D eigenvalue weighted by Gasteiger charge is 2.10. The molecule has 0 saturated carbocycles. The molecule has 21 heavy (non-hydrogen) atoms. The molecular formula is C17H20N2O2. The molecular weight excluding hydrogens is 264 g/mol. The van der Waals surface area contributed by atoms with Gasteiger partial charge in [-0.25, -0.2) is 4.98 Å². The third-order valence-electron chi connectivity index (χ3n) is 3.25. The second-order valence-corrected chi connectivity index (χ2v) is 4.66. The first-order chi connectivity index (χ1) is 10.2. The lowest BCUT2D eigenvalue weighted by Gasteiger charge is -2.14. The number of para-hydroxylation sites is 1. The Bertz CT molecular complexity index is 575. The van der Waals surface area contributed by atoms with E-state index in [0.29, 0.717) is 5.88 Å². The molecule has 1 N–H and O–H groups in total. The number of aryl methyl sites for hydroxylation is 2. The number of ether oxygens (including phenoxy) is 1. The molecule has 4 heteroatoms. The smallest absolute Gasteiger partial charge is 0.262 e. The number of nitrogens with zero attached hydrogens (tertiary/aromatic N) is 1. The topological polar surface area (TPSA) is 51.2 Å². The Morgan fingerprint density at radius 3 is 2.38 bits per heavy atom. The van der Waals surface area contributed by atoms with E-state index in [1.54, 1.807) is 18.3 Å². The fourth-order valence-corrected chi connectivity index (χ4v) is 2.15. The molecule has 0 fully saturated rings. The van der Waals surface area contributed by atoms with Gasteiger partial charge in [-0.15, -0.1) is 0 Å². The molecule has 2 rings (SSSR count). The fourth-order valence-electron chi connectivity index (χ4n) is 2.15. The zero-order valence-corrected chi connectivity index (χ0v) is 12.4. The van der Waals surface area contributed by atoms with Gasteiger partial charge >= 0.3 is 0 Å². The van der Waals surface area contributed by atoms with Crippen molar-refractivity contribution in [1.82, 2.24) is 4.98 Å². The first-order valence-electron chi connectivity index (χ1n) is 7.19. The van der Waals surface area contributed by atoms with E-state index in [2.05, 4.69) is 24.1 Å². The SMILES string of the molecule is CCc1cccc(CC)c1NC(=O)COc1ccccn1. The van der Waals surface area contributed by atoms with Crippen LogP contribution in [-0.2, 0) is 17.6 Å². The average Bonchev–Trinajstić information content (AvgIpc) is 2.54. The third kappa shape index (κ3) is 4.05. The van der Waals surface area contributed by atoms with Gasteiger partial charge in [0.2, 0.25) is 5.88 Å². The molecule has 4 nitrogen and oxygen atoms in total. The molecule has 0 saturated heterocycles. The van der Waals surface area contributed by atoms with Gasteiger partial charge in [0.1, 0.15) is 0 Å². The van der Waals surface area contributed by atoms with Gasteiger partial charge in [0.15, 0.2) is 6.61 Å². The highest BCUT2D eigenvalue weighted by atomic mass is 16.5. The van der Waals surface area contributed by atoms with Crippen molar-refractivity contribution in [2.75, 3.05) is 11.9 Å². The lowest BCUT2D eigenvalue weighted by molar-refractivity contribution is -0.118. The van der Waals surface area contributed by atoms with Crippen molar-refractivity contribution in [3.05, 3.63) is 53.7 Å². The molecule has 110 valence electrons. The second kappa shape index (κ2) is 7.43. The van der Waals surface area contributed by atoms with E-state index in [1.165, 1.54) is 0 Å². The molecule has 2 aromatic rings. The number of aromatic nitrogens is 1. The standard InChI is InChI=1S/C17H20N2O2/c1-3-13-8-7-9-14(4-2)17(13)19-15(20)12-21-16-10-5-6-11-18-16/h5-11H,3-4,12H2,1-2H3,(H,19,20). The summed E-state index contributed by atoms with van der Waals surface area (Å²) in [5.74, 6) is 0.281. The van der Waals surface area contributed by atoms with Crippen LogP contribution in [0.15, 0.2) is 42.6 Å². The van der Waals surface area contributed by atoms with Gasteiger partial charge in [0.05, 0.1) is 0 Å². The molecule has 0 atom stereocenters. The van der Waals surface area contributed by atoms with Crippen molar-refractivity contribution in [3.8, 4) is 5.88 Å². The number of carbonyl (C=O) groups excluding carboxylic acids is 1. The molecule has 0 aliphatic carbocycles. The number of rotatable bonds is 6. The van der Waals surface area contributed by atoms with Crippen molar-refractivity contribution in [2.45, 2.75) is 26.7 Å². The number of pyridine rings is 1. The number of benzene rings is 1. The quantitative estimate of drug-likeness (QED) is 0.886. The lowest BCUT2D eigenvalue weighted by Crippen LogP contribution is -2.22. The lowest BCUT2D eigenvalue weighted by atomic mass is 10.0. The summed E-state index contributed by atoms with van der Waals surface area (Å²) in [7, 11) is 0. The van der Waals surface area contributed by atoms with Gasteiger partial charge in [0.25, 0.3) is 5.91 Å². The molecule has 0 unspecified atom stereocenters. The van der Waals surface area contributed by atoms with Crippen LogP contribution in [0, 0.1) is 0 Å². The Kier molecular flexibility index (Phi) is 5.32. The average molecular weight is 284 g/mol. The van der Waals surface area contributed by atoms with Crippen LogP contribution in [0.2, 0.25) is 0 Å². The first kappa shape index (κ1) is 15.0. The molecule has 0 aliphatic rings. The van der Waals surface area contributed by atoms with E-state index in [9.17, 15) is 4.79 Å². The number of amides is 1. The number of hydrogen-bond donors (Lipinski definition) is 1. The van der Waals surface area contributed by atoms with Gasteiger partial charge in [-0.2, -0.15) is 0 Å².